The molecule has 0 fully saturated rings. The summed E-state index contributed by atoms with van der Waals surface area (Å²) in [5, 5.41) is 14.2. The normalized spacial score (nSPS) is 12.1. The second-order valence-electron chi connectivity index (χ2n) is 7.19. The number of nitrogens with one attached hydrogen (secondary N) is 1. The number of phenols is 1. The van der Waals surface area contributed by atoms with Crippen LogP contribution >= 0.6 is 11.6 Å². The molecule has 1 atom stereocenters. The minimum atomic E-state index is -0.186. The number of pyridine rings is 1. The van der Waals surface area contributed by atoms with Crippen LogP contribution in [0.1, 0.15) is 35.9 Å². The Morgan fingerprint density at radius 1 is 1.17 bits per heavy atom. The zero-order valence-electron chi connectivity index (χ0n) is 16.8. The number of nitrogens with zero attached hydrogens (tertiary/aromatic N) is 2. The van der Waals surface area contributed by atoms with Gasteiger partial charge in [-0.3, -0.25) is 9.78 Å². The number of hydrogen-bond acceptors (Lipinski definition) is 3. The van der Waals surface area contributed by atoms with Crippen LogP contribution in [-0.2, 0) is 6.54 Å². The van der Waals surface area contributed by atoms with Crippen molar-refractivity contribution in [2.45, 2.75) is 26.4 Å². The summed E-state index contributed by atoms with van der Waals surface area (Å²) < 4.78 is 1.96. The summed E-state index contributed by atoms with van der Waals surface area (Å²) in [6.07, 6.45) is 3.56. The molecule has 6 heteroatoms. The van der Waals surface area contributed by atoms with Gasteiger partial charge in [-0.1, -0.05) is 35.9 Å². The zero-order valence-corrected chi connectivity index (χ0v) is 17.5. The Bertz CT molecular complexity index is 1220. The monoisotopic (exact) mass is 419 g/mol. The maximum Gasteiger partial charge on any atom is 0.268 e. The van der Waals surface area contributed by atoms with Crippen LogP contribution in [0, 0.1) is 0 Å². The highest BCUT2D eigenvalue weighted by molar-refractivity contribution is 6.30. The number of phenolic OH excluding ortho intramolecular Hbond substituents is 1. The van der Waals surface area contributed by atoms with Crippen molar-refractivity contribution in [1.82, 2.24) is 14.9 Å². The summed E-state index contributed by atoms with van der Waals surface area (Å²) in [5.41, 5.74) is 4.26. The lowest BCUT2D eigenvalue weighted by atomic mass is 10.0. The lowest BCUT2D eigenvalue weighted by Gasteiger charge is -2.15. The van der Waals surface area contributed by atoms with Gasteiger partial charge in [-0.2, -0.15) is 0 Å². The van der Waals surface area contributed by atoms with Crippen molar-refractivity contribution in [1.29, 1.82) is 0 Å². The summed E-state index contributed by atoms with van der Waals surface area (Å²) in [6.45, 7) is 4.58. The molecule has 2 aromatic heterocycles. The van der Waals surface area contributed by atoms with Crippen LogP contribution in [-0.4, -0.2) is 20.6 Å². The van der Waals surface area contributed by atoms with E-state index in [1.54, 1.807) is 24.5 Å². The van der Waals surface area contributed by atoms with Gasteiger partial charge in [-0.05, 0) is 55.3 Å². The Labute approximate surface area is 179 Å². The predicted molar refractivity (Wildman–Crippen MR) is 120 cm³/mol. The predicted octanol–water partition coefficient (Wildman–Crippen LogP) is 5.57. The quantitative estimate of drug-likeness (QED) is 0.444. The van der Waals surface area contributed by atoms with Crippen LogP contribution in [0.3, 0.4) is 0 Å². The Hall–Kier alpha value is -3.31. The van der Waals surface area contributed by atoms with Crippen molar-refractivity contribution >= 4 is 28.4 Å². The molecule has 0 aliphatic rings. The Balaban J connectivity index is 1.73. The molecule has 2 heterocycles. The number of halogens is 1. The zero-order chi connectivity index (χ0) is 21.3. The SMILES string of the molecule is CCn1c(C(=O)N[C@H](C)c2cccc(Cl)c2)cc2c(-c3ccc(O)cc3)cncc21. The molecule has 0 radical (unpaired) electrons. The van der Waals surface area contributed by atoms with E-state index in [2.05, 4.69) is 10.3 Å². The third-order valence-electron chi connectivity index (χ3n) is 5.25. The van der Waals surface area contributed by atoms with Crippen molar-refractivity contribution in [3.63, 3.8) is 0 Å². The van der Waals surface area contributed by atoms with E-state index in [-0.39, 0.29) is 17.7 Å². The van der Waals surface area contributed by atoms with Gasteiger partial charge in [0.2, 0.25) is 0 Å². The van der Waals surface area contributed by atoms with Gasteiger partial charge >= 0.3 is 0 Å². The van der Waals surface area contributed by atoms with Crippen LogP contribution in [0.5, 0.6) is 5.75 Å². The minimum absolute atomic E-state index is 0.155. The molecule has 0 bridgehead atoms. The van der Waals surface area contributed by atoms with Gasteiger partial charge in [0, 0.05) is 28.7 Å². The number of hydrogen-bond donors (Lipinski definition) is 2. The maximum atomic E-state index is 13.1. The molecule has 1 amide bonds. The first-order valence-electron chi connectivity index (χ1n) is 9.81. The van der Waals surface area contributed by atoms with E-state index in [0.29, 0.717) is 17.3 Å². The summed E-state index contributed by atoms with van der Waals surface area (Å²) in [4.78, 5) is 17.5. The third-order valence-corrected chi connectivity index (χ3v) is 5.49. The van der Waals surface area contributed by atoms with Crippen molar-refractivity contribution < 1.29 is 9.90 Å². The number of aromatic nitrogens is 2. The first-order valence-corrected chi connectivity index (χ1v) is 10.2. The average molecular weight is 420 g/mol. The van der Waals surface area contributed by atoms with Crippen LogP contribution in [0.25, 0.3) is 22.0 Å². The van der Waals surface area contributed by atoms with Gasteiger partial charge in [0.15, 0.2) is 0 Å². The fraction of sp³-hybridized carbons (Fsp3) is 0.167. The highest BCUT2D eigenvalue weighted by Gasteiger charge is 2.19. The summed E-state index contributed by atoms with van der Waals surface area (Å²) in [7, 11) is 0. The number of fused-ring (bicyclic) bond motifs is 1. The topological polar surface area (TPSA) is 67.2 Å². The largest absolute Gasteiger partial charge is 0.508 e. The second kappa shape index (κ2) is 8.20. The van der Waals surface area contributed by atoms with Gasteiger partial charge in [-0.25, -0.2) is 0 Å². The maximum absolute atomic E-state index is 13.1. The number of amides is 1. The Morgan fingerprint density at radius 3 is 2.63 bits per heavy atom. The van der Waals surface area contributed by atoms with Crippen LogP contribution in [0.4, 0.5) is 0 Å². The van der Waals surface area contributed by atoms with Crippen LogP contribution < -0.4 is 5.32 Å². The molecule has 4 rings (SSSR count). The van der Waals surface area contributed by atoms with E-state index in [4.69, 9.17) is 11.6 Å². The molecular formula is C24H22ClN3O2. The molecule has 152 valence electrons. The molecule has 0 saturated heterocycles. The highest BCUT2D eigenvalue weighted by Crippen LogP contribution is 2.31. The Morgan fingerprint density at radius 2 is 1.93 bits per heavy atom. The van der Waals surface area contributed by atoms with Gasteiger partial charge in [0.1, 0.15) is 11.4 Å². The van der Waals surface area contributed by atoms with Gasteiger partial charge in [0.25, 0.3) is 5.91 Å². The molecule has 0 aliphatic carbocycles. The van der Waals surface area contributed by atoms with Gasteiger partial charge in [-0.15, -0.1) is 0 Å². The van der Waals surface area contributed by atoms with Gasteiger partial charge < -0.3 is 15.0 Å². The van der Waals surface area contributed by atoms with Gasteiger partial charge in [0.05, 0.1) is 17.8 Å². The van der Waals surface area contributed by atoms with Crippen molar-refractivity contribution in [3.8, 4) is 16.9 Å². The fourth-order valence-corrected chi connectivity index (χ4v) is 3.90. The molecule has 5 nitrogen and oxygen atoms in total. The van der Waals surface area contributed by atoms with Crippen LogP contribution in [0.15, 0.2) is 67.0 Å². The summed E-state index contributed by atoms with van der Waals surface area (Å²) >= 11 is 6.09. The average Bonchev–Trinajstić information content (AvgIpc) is 3.13. The molecule has 2 N–H and O–H groups in total. The summed E-state index contributed by atoms with van der Waals surface area (Å²) in [5.74, 6) is 0.0530. The van der Waals surface area contributed by atoms with E-state index in [9.17, 15) is 9.90 Å². The van der Waals surface area contributed by atoms with E-state index in [1.165, 1.54) is 0 Å². The molecule has 0 aliphatic heterocycles. The standard InChI is InChI=1S/C24H22ClN3O2/c1-3-28-22(24(30)27-15(2)17-5-4-6-18(25)11-17)12-20-21(13-26-14-23(20)28)16-7-9-19(29)10-8-16/h4-15,29H,3H2,1-2H3,(H,27,30)/t15-/m1/s1. The van der Waals surface area contributed by atoms with Crippen molar-refractivity contribution in [2.75, 3.05) is 0 Å². The lowest BCUT2D eigenvalue weighted by Crippen LogP contribution is -2.28. The number of carbonyl (C=O) groups excluding carboxylic acids is 1. The first kappa shape index (κ1) is 20.0. The van der Waals surface area contributed by atoms with Crippen molar-refractivity contribution in [3.05, 3.63) is 83.3 Å². The fourth-order valence-electron chi connectivity index (χ4n) is 3.70. The van der Waals surface area contributed by atoms with E-state index < -0.39 is 0 Å². The number of aromatic hydroxyl groups is 1. The minimum Gasteiger partial charge on any atom is -0.508 e. The molecule has 0 spiro atoms. The second-order valence-corrected chi connectivity index (χ2v) is 7.63. The van der Waals surface area contributed by atoms with E-state index in [0.717, 1.165) is 27.6 Å². The molecular weight excluding hydrogens is 398 g/mol. The molecule has 4 aromatic rings. The first-order chi connectivity index (χ1) is 14.5. The third kappa shape index (κ3) is 3.76. The van der Waals surface area contributed by atoms with E-state index >= 15 is 0 Å². The summed E-state index contributed by atoms with van der Waals surface area (Å²) in [6, 6.07) is 16.2. The molecule has 30 heavy (non-hydrogen) atoms. The Kier molecular flexibility index (Phi) is 5.46. The molecule has 2 aromatic carbocycles. The number of carbonyl (C=O) groups is 1. The van der Waals surface area contributed by atoms with E-state index in [1.807, 2.05) is 60.9 Å². The van der Waals surface area contributed by atoms with Crippen molar-refractivity contribution in [2.24, 2.45) is 0 Å². The smallest absolute Gasteiger partial charge is 0.268 e. The highest BCUT2D eigenvalue weighted by atomic mass is 35.5. The number of benzene rings is 2. The molecule has 0 unspecified atom stereocenters. The number of aryl methyl sites for hydroxylation is 1. The van der Waals surface area contributed by atoms with Crippen LogP contribution in [0.2, 0.25) is 5.02 Å². The lowest BCUT2D eigenvalue weighted by molar-refractivity contribution is 0.0931. The number of rotatable bonds is 5. The molecule has 0 saturated carbocycles.